The molecule has 1 aromatic rings. The summed E-state index contributed by atoms with van der Waals surface area (Å²) in [6.45, 7) is 1.72. The van der Waals surface area contributed by atoms with Gasteiger partial charge in [-0.2, -0.15) is 0 Å². The van der Waals surface area contributed by atoms with Gasteiger partial charge < -0.3 is 11.1 Å². The fourth-order valence-electron chi connectivity index (χ4n) is 2.01. The van der Waals surface area contributed by atoms with Crippen molar-refractivity contribution in [3.8, 4) is 0 Å². The predicted molar refractivity (Wildman–Crippen MR) is 78.9 cm³/mol. The van der Waals surface area contributed by atoms with Crippen LogP contribution < -0.4 is 15.8 Å². The van der Waals surface area contributed by atoms with Gasteiger partial charge in [-0.1, -0.05) is 6.07 Å². The van der Waals surface area contributed by atoms with Gasteiger partial charge in [-0.15, -0.1) is 0 Å². The van der Waals surface area contributed by atoms with Crippen LogP contribution >= 0.6 is 0 Å². The van der Waals surface area contributed by atoms with Crippen molar-refractivity contribution in [3.63, 3.8) is 0 Å². The molecule has 6 nitrogen and oxygen atoms in total. The summed E-state index contributed by atoms with van der Waals surface area (Å²) in [7, 11) is -3.34. The van der Waals surface area contributed by atoms with E-state index in [2.05, 4.69) is 10.0 Å². The van der Waals surface area contributed by atoms with Gasteiger partial charge in [0.25, 0.3) is 0 Å². The van der Waals surface area contributed by atoms with Crippen LogP contribution in [0.5, 0.6) is 0 Å². The Balaban J connectivity index is 2.10. The van der Waals surface area contributed by atoms with E-state index in [1.165, 1.54) is 0 Å². The smallest absolute Gasteiger partial charge is 0.244 e. The highest BCUT2D eigenvalue weighted by Crippen LogP contribution is 2.38. The summed E-state index contributed by atoms with van der Waals surface area (Å²) >= 11 is 0. The number of amides is 1. The Morgan fingerprint density at radius 1 is 1.35 bits per heavy atom. The number of hydrogen-bond donors (Lipinski definition) is 3. The van der Waals surface area contributed by atoms with Gasteiger partial charge in [-0.05, 0) is 43.9 Å². The minimum atomic E-state index is -3.34. The zero-order valence-electron chi connectivity index (χ0n) is 11.5. The van der Waals surface area contributed by atoms with Crippen LogP contribution in [-0.2, 0) is 14.8 Å². The highest BCUT2D eigenvalue weighted by Gasteiger charge is 2.44. The maximum Gasteiger partial charge on any atom is 0.244 e. The van der Waals surface area contributed by atoms with Crippen molar-refractivity contribution in [3.05, 3.63) is 24.3 Å². The van der Waals surface area contributed by atoms with E-state index >= 15 is 0 Å². The Kier molecular flexibility index (Phi) is 3.75. The third-order valence-corrected chi connectivity index (χ3v) is 3.94. The summed E-state index contributed by atoms with van der Waals surface area (Å²) < 4.78 is 24.7. The van der Waals surface area contributed by atoms with E-state index in [9.17, 15) is 13.2 Å². The lowest BCUT2D eigenvalue weighted by Crippen LogP contribution is -2.50. The number of rotatable bonds is 5. The van der Waals surface area contributed by atoms with Gasteiger partial charge in [0.2, 0.25) is 15.9 Å². The van der Waals surface area contributed by atoms with Crippen LogP contribution in [0.2, 0.25) is 0 Å². The SMILES string of the molecule is CC(N)(C(=O)Nc1cccc(NS(C)(=O)=O)c1)C1CC1. The molecule has 20 heavy (non-hydrogen) atoms. The fourth-order valence-corrected chi connectivity index (χ4v) is 2.56. The maximum absolute atomic E-state index is 12.1. The molecule has 1 fully saturated rings. The van der Waals surface area contributed by atoms with Crippen molar-refractivity contribution >= 4 is 27.3 Å². The summed E-state index contributed by atoms with van der Waals surface area (Å²) in [6.07, 6.45) is 3.01. The van der Waals surface area contributed by atoms with Crippen LogP contribution in [0, 0.1) is 5.92 Å². The Morgan fingerprint density at radius 3 is 2.50 bits per heavy atom. The molecule has 0 aliphatic heterocycles. The van der Waals surface area contributed by atoms with Crippen LogP contribution in [0.25, 0.3) is 0 Å². The molecule has 7 heteroatoms. The van der Waals surface area contributed by atoms with E-state index in [1.54, 1.807) is 31.2 Å². The summed E-state index contributed by atoms with van der Waals surface area (Å²) in [5.74, 6) is -0.0312. The fraction of sp³-hybridized carbons (Fsp3) is 0.462. The number of anilines is 2. The lowest BCUT2D eigenvalue weighted by atomic mass is 9.96. The Bertz CT molecular complexity index is 622. The largest absolute Gasteiger partial charge is 0.324 e. The lowest BCUT2D eigenvalue weighted by molar-refractivity contribution is -0.121. The van der Waals surface area contributed by atoms with Gasteiger partial charge in [0.15, 0.2) is 0 Å². The second-order valence-electron chi connectivity index (χ2n) is 5.47. The average Bonchev–Trinajstić information content (AvgIpc) is 3.10. The van der Waals surface area contributed by atoms with E-state index in [4.69, 9.17) is 5.73 Å². The molecular weight excluding hydrogens is 278 g/mol. The van der Waals surface area contributed by atoms with Crippen LogP contribution in [0.3, 0.4) is 0 Å². The van der Waals surface area contributed by atoms with Crippen molar-refractivity contribution in [1.82, 2.24) is 0 Å². The molecule has 1 amide bonds. The van der Waals surface area contributed by atoms with Gasteiger partial charge in [0.1, 0.15) is 0 Å². The highest BCUT2D eigenvalue weighted by molar-refractivity contribution is 7.92. The van der Waals surface area contributed by atoms with Crippen molar-refractivity contribution in [2.75, 3.05) is 16.3 Å². The molecule has 0 radical (unpaired) electrons. The summed E-state index contributed by atoms with van der Waals surface area (Å²) in [4.78, 5) is 12.1. The third kappa shape index (κ3) is 3.71. The molecule has 110 valence electrons. The van der Waals surface area contributed by atoms with Gasteiger partial charge >= 0.3 is 0 Å². The first-order chi connectivity index (χ1) is 9.18. The van der Waals surface area contributed by atoms with Crippen LogP contribution in [0.15, 0.2) is 24.3 Å². The molecule has 0 aromatic heterocycles. The number of hydrogen-bond acceptors (Lipinski definition) is 4. The van der Waals surface area contributed by atoms with Crippen LogP contribution in [-0.4, -0.2) is 26.1 Å². The summed E-state index contributed by atoms with van der Waals surface area (Å²) in [5, 5.41) is 2.73. The second kappa shape index (κ2) is 5.06. The van der Waals surface area contributed by atoms with Gasteiger partial charge in [0, 0.05) is 5.69 Å². The minimum absolute atomic E-state index is 0.222. The third-order valence-electron chi connectivity index (χ3n) is 3.34. The molecule has 1 aliphatic rings. The molecule has 1 aromatic carbocycles. The van der Waals surface area contributed by atoms with Crippen LogP contribution in [0.1, 0.15) is 19.8 Å². The Morgan fingerprint density at radius 2 is 1.95 bits per heavy atom. The first-order valence-corrected chi connectivity index (χ1v) is 8.26. The number of benzene rings is 1. The first kappa shape index (κ1) is 14.8. The zero-order chi connectivity index (χ0) is 15.0. The predicted octanol–water partition coefficient (Wildman–Crippen LogP) is 1.12. The minimum Gasteiger partial charge on any atom is -0.324 e. The van der Waals surface area contributed by atoms with Crippen molar-refractivity contribution in [2.45, 2.75) is 25.3 Å². The maximum atomic E-state index is 12.1. The van der Waals surface area contributed by atoms with Crippen LogP contribution in [0.4, 0.5) is 11.4 Å². The molecule has 4 N–H and O–H groups in total. The average molecular weight is 297 g/mol. The normalized spacial score (nSPS) is 18.1. The van der Waals surface area contributed by atoms with E-state index in [0.29, 0.717) is 11.4 Å². The lowest BCUT2D eigenvalue weighted by Gasteiger charge is -2.23. The van der Waals surface area contributed by atoms with E-state index in [-0.39, 0.29) is 11.8 Å². The number of nitrogens with two attached hydrogens (primary N) is 1. The molecule has 1 aliphatic carbocycles. The van der Waals surface area contributed by atoms with Gasteiger partial charge in [0.05, 0.1) is 17.5 Å². The molecule has 2 rings (SSSR count). The molecule has 1 unspecified atom stereocenters. The Hall–Kier alpha value is -1.60. The summed E-state index contributed by atoms with van der Waals surface area (Å²) in [6, 6.07) is 6.52. The number of sulfonamides is 1. The Labute approximate surface area is 118 Å². The summed E-state index contributed by atoms with van der Waals surface area (Å²) in [5.41, 5.74) is 6.05. The standard InChI is InChI=1S/C13H19N3O3S/c1-13(14,9-6-7-9)12(17)15-10-4-3-5-11(8-10)16-20(2,18)19/h3-5,8-9,16H,6-7,14H2,1-2H3,(H,15,17). The van der Waals surface area contributed by atoms with Gasteiger partial charge in [-0.3, -0.25) is 9.52 Å². The van der Waals surface area contributed by atoms with E-state index in [0.717, 1.165) is 19.1 Å². The molecule has 1 atom stereocenters. The van der Waals surface area contributed by atoms with Crippen molar-refractivity contribution < 1.29 is 13.2 Å². The molecule has 0 bridgehead atoms. The zero-order valence-corrected chi connectivity index (χ0v) is 12.3. The van der Waals surface area contributed by atoms with Crippen molar-refractivity contribution in [2.24, 2.45) is 11.7 Å². The number of carbonyl (C=O) groups is 1. The van der Waals surface area contributed by atoms with E-state index in [1.807, 2.05) is 0 Å². The number of carbonyl (C=O) groups excluding carboxylic acids is 1. The molecule has 1 saturated carbocycles. The topological polar surface area (TPSA) is 101 Å². The molecule has 0 saturated heterocycles. The van der Waals surface area contributed by atoms with Crippen molar-refractivity contribution in [1.29, 1.82) is 0 Å². The second-order valence-corrected chi connectivity index (χ2v) is 7.21. The highest BCUT2D eigenvalue weighted by atomic mass is 32.2. The molecule has 0 heterocycles. The first-order valence-electron chi connectivity index (χ1n) is 6.37. The van der Waals surface area contributed by atoms with E-state index < -0.39 is 15.6 Å². The number of nitrogens with one attached hydrogen (secondary N) is 2. The molecule has 0 spiro atoms. The molecular formula is C13H19N3O3S. The van der Waals surface area contributed by atoms with Gasteiger partial charge in [-0.25, -0.2) is 8.42 Å². The quantitative estimate of drug-likeness (QED) is 0.758. The monoisotopic (exact) mass is 297 g/mol.